The average Bonchev–Trinajstić information content (AvgIpc) is 2.54. The number of phenolic OH excluding ortho intramolecular Hbond substituents is 1. The Morgan fingerprint density at radius 3 is 2.60 bits per heavy atom. The molecule has 0 heterocycles. The number of amides is 1. The zero-order chi connectivity index (χ0) is 18.6. The Hall–Kier alpha value is -1.75. The van der Waals surface area contributed by atoms with Crippen LogP contribution in [0.15, 0.2) is 12.1 Å². The smallest absolute Gasteiger partial charge is 0.410 e. The Labute approximate surface area is 150 Å². The molecule has 2 N–H and O–H groups in total. The van der Waals surface area contributed by atoms with Gasteiger partial charge in [-0.2, -0.15) is 0 Å². The van der Waals surface area contributed by atoms with E-state index in [1.54, 1.807) is 6.07 Å². The Morgan fingerprint density at radius 2 is 1.96 bits per heavy atom. The monoisotopic (exact) mass is 349 g/mol. The fourth-order valence-electron chi connectivity index (χ4n) is 3.17. The van der Waals surface area contributed by atoms with Crippen molar-refractivity contribution < 1.29 is 19.7 Å². The van der Waals surface area contributed by atoms with Gasteiger partial charge in [-0.15, -0.1) is 0 Å². The van der Waals surface area contributed by atoms with E-state index in [1.165, 1.54) is 10.5 Å². The number of aromatic hydroxyl groups is 1. The van der Waals surface area contributed by atoms with Crippen molar-refractivity contribution in [3.63, 3.8) is 0 Å². The molecule has 1 atom stereocenters. The highest BCUT2D eigenvalue weighted by molar-refractivity contribution is 5.68. The van der Waals surface area contributed by atoms with Gasteiger partial charge in [-0.25, -0.2) is 4.79 Å². The van der Waals surface area contributed by atoms with Gasteiger partial charge < -0.3 is 19.8 Å². The van der Waals surface area contributed by atoms with Gasteiger partial charge in [0.25, 0.3) is 0 Å². The lowest BCUT2D eigenvalue weighted by molar-refractivity contribution is 0.0121. The number of fused-ring (bicyclic) bond motifs is 1. The molecule has 1 aliphatic carbocycles. The summed E-state index contributed by atoms with van der Waals surface area (Å²) in [6.07, 6.45) is 3.64. The third-order valence-electron chi connectivity index (χ3n) is 4.53. The van der Waals surface area contributed by atoms with Gasteiger partial charge >= 0.3 is 6.09 Å². The molecule has 0 fully saturated rings. The summed E-state index contributed by atoms with van der Waals surface area (Å²) in [7, 11) is 0. The van der Waals surface area contributed by atoms with Gasteiger partial charge in [-0.3, -0.25) is 0 Å². The molecule has 0 saturated heterocycles. The minimum Gasteiger partial charge on any atom is -0.508 e. The van der Waals surface area contributed by atoms with Crippen LogP contribution < -0.4 is 0 Å². The van der Waals surface area contributed by atoms with Crippen LogP contribution in [-0.2, 0) is 24.1 Å². The van der Waals surface area contributed by atoms with Gasteiger partial charge in [-0.05, 0) is 70.1 Å². The Balaban J connectivity index is 2.28. The molecule has 0 bridgehead atoms. The summed E-state index contributed by atoms with van der Waals surface area (Å²) in [6, 6.07) is 3.69. The first-order chi connectivity index (χ1) is 11.7. The summed E-state index contributed by atoms with van der Waals surface area (Å²) in [6.45, 7) is 7.78. The van der Waals surface area contributed by atoms with Crippen LogP contribution in [0.1, 0.15) is 63.6 Å². The second-order valence-electron chi connectivity index (χ2n) is 7.83. The number of phenols is 1. The number of ether oxygens (including phenoxy) is 1. The predicted molar refractivity (Wildman–Crippen MR) is 97.7 cm³/mol. The maximum Gasteiger partial charge on any atom is 0.410 e. The van der Waals surface area contributed by atoms with Crippen LogP contribution in [0.2, 0.25) is 0 Å². The molecule has 1 aromatic rings. The number of carbonyl (C=O) groups excluding carboxylic acids is 1. The third kappa shape index (κ3) is 5.36. The van der Waals surface area contributed by atoms with Crippen molar-refractivity contribution in [1.29, 1.82) is 0 Å². The van der Waals surface area contributed by atoms with Gasteiger partial charge in [0.15, 0.2) is 0 Å². The largest absolute Gasteiger partial charge is 0.508 e. The molecule has 25 heavy (non-hydrogen) atoms. The van der Waals surface area contributed by atoms with E-state index in [2.05, 4.69) is 0 Å². The highest BCUT2D eigenvalue weighted by Gasteiger charge is 2.26. The van der Waals surface area contributed by atoms with Gasteiger partial charge in [-0.1, -0.05) is 13.0 Å². The van der Waals surface area contributed by atoms with E-state index in [-0.39, 0.29) is 18.8 Å². The summed E-state index contributed by atoms with van der Waals surface area (Å²) >= 11 is 0. The summed E-state index contributed by atoms with van der Waals surface area (Å²) in [5.74, 6) is 0.209. The summed E-state index contributed by atoms with van der Waals surface area (Å²) in [5.41, 5.74) is 2.57. The van der Waals surface area contributed by atoms with Gasteiger partial charge in [0.2, 0.25) is 0 Å². The lowest BCUT2D eigenvalue weighted by Crippen LogP contribution is -2.40. The van der Waals surface area contributed by atoms with Crippen LogP contribution in [0.25, 0.3) is 0 Å². The van der Waals surface area contributed by atoms with Crippen LogP contribution in [0.3, 0.4) is 0 Å². The van der Waals surface area contributed by atoms with Crippen molar-refractivity contribution in [2.75, 3.05) is 6.54 Å². The minimum absolute atomic E-state index is 0.189. The maximum atomic E-state index is 12.6. The second kappa shape index (κ2) is 8.09. The molecule has 5 heteroatoms. The van der Waals surface area contributed by atoms with Crippen LogP contribution >= 0.6 is 0 Å². The number of hydrogen-bond acceptors (Lipinski definition) is 4. The quantitative estimate of drug-likeness (QED) is 0.849. The van der Waals surface area contributed by atoms with E-state index in [1.807, 2.05) is 33.8 Å². The normalized spacial score (nSPS) is 15.4. The van der Waals surface area contributed by atoms with E-state index in [0.29, 0.717) is 6.42 Å². The lowest BCUT2D eigenvalue weighted by atomic mass is 9.87. The molecule has 1 amide bonds. The van der Waals surface area contributed by atoms with Crippen molar-refractivity contribution in [1.82, 2.24) is 4.90 Å². The molecule has 0 spiro atoms. The number of carbonyl (C=O) groups is 1. The van der Waals surface area contributed by atoms with Gasteiger partial charge in [0.1, 0.15) is 11.4 Å². The number of aliphatic hydroxyl groups excluding tert-OH is 1. The van der Waals surface area contributed by atoms with Crippen molar-refractivity contribution in [2.45, 2.75) is 78.0 Å². The van der Waals surface area contributed by atoms with Gasteiger partial charge in [0, 0.05) is 5.56 Å². The second-order valence-corrected chi connectivity index (χ2v) is 7.83. The fourth-order valence-corrected chi connectivity index (χ4v) is 3.17. The first kappa shape index (κ1) is 19.6. The van der Waals surface area contributed by atoms with E-state index >= 15 is 0 Å². The van der Waals surface area contributed by atoms with Crippen LogP contribution in [0, 0.1) is 0 Å². The highest BCUT2D eigenvalue weighted by atomic mass is 16.6. The molecular formula is C20H31NO4. The van der Waals surface area contributed by atoms with E-state index in [9.17, 15) is 15.0 Å². The number of aliphatic hydroxyl groups is 1. The van der Waals surface area contributed by atoms with E-state index in [0.717, 1.165) is 36.8 Å². The van der Waals surface area contributed by atoms with Crippen molar-refractivity contribution in [2.24, 2.45) is 0 Å². The van der Waals surface area contributed by atoms with Crippen molar-refractivity contribution >= 4 is 6.09 Å². The SMILES string of the molecule is CC[C@H](O)CN(Cc1c(O)ccc2c1CCCC2)C(=O)OC(C)(C)C. The Kier molecular flexibility index (Phi) is 6.33. The number of rotatable bonds is 5. The van der Waals surface area contributed by atoms with Crippen LogP contribution in [0.5, 0.6) is 5.75 Å². The van der Waals surface area contributed by atoms with E-state index < -0.39 is 17.8 Å². The molecule has 5 nitrogen and oxygen atoms in total. The number of aryl methyl sites for hydroxylation is 1. The topological polar surface area (TPSA) is 70.0 Å². The first-order valence-electron chi connectivity index (χ1n) is 9.20. The highest BCUT2D eigenvalue weighted by Crippen LogP contribution is 2.32. The summed E-state index contributed by atoms with van der Waals surface area (Å²) in [4.78, 5) is 14.1. The summed E-state index contributed by atoms with van der Waals surface area (Å²) in [5, 5.41) is 20.4. The first-order valence-corrected chi connectivity index (χ1v) is 9.20. The van der Waals surface area contributed by atoms with Crippen LogP contribution in [0.4, 0.5) is 4.79 Å². The Bertz CT molecular complexity index is 606. The molecule has 0 aromatic heterocycles. The number of hydrogen-bond donors (Lipinski definition) is 2. The molecule has 0 radical (unpaired) electrons. The maximum absolute atomic E-state index is 12.6. The zero-order valence-corrected chi connectivity index (χ0v) is 15.8. The fraction of sp³-hybridized carbons (Fsp3) is 0.650. The van der Waals surface area contributed by atoms with Crippen molar-refractivity contribution in [3.05, 3.63) is 28.8 Å². The zero-order valence-electron chi connectivity index (χ0n) is 15.8. The molecule has 0 aliphatic heterocycles. The molecule has 0 saturated carbocycles. The number of nitrogens with zero attached hydrogens (tertiary/aromatic N) is 1. The molecule has 1 aromatic carbocycles. The van der Waals surface area contributed by atoms with Crippen molar-refractivity contribution in [3.8, 4) is 5.75 Å². The van der Waals surface area contributed by atoms with E-state index in [4.69, 9.17) is 4.74 Å². The summed E-state index contributed by atoms with van der Waals surface area (Å²) < 4.78 is 5.50. The molecule has 2 rings (SSSR count). The average molecular weight is 349 g/mol. The Morgan fingerprint density at radius 1 is 1.28 bits per heavy atom. The standard InChI is InChI=1S/C20H31NO4/c1-5-15(22)12-21(19(24)25-20(2,3)4)13-17-16-9-7-6-8-14(16)10-11-18(17)23/h10-11,15,22-23H,5-9,12-13H2,1-4H3/t15-/m0/s1. The number of benzene rings is 1. The molecule has 0 unspecified atom stereocenters. The lowest BCUT2D eigenvalue weighted by Gasteiger charge is -2.30. The van der Waals surface area contributed by atoms with Crippen LogP contribution in [-0.4, -0.2) is 39.5 Å². The molecule has 1 aliphatic rings. The minimum atomic E-state index is -0.616. The predicted octanol–water partition coefficient (Wildman–Crippen LogP) is 3.78. The molecule has 140 valence electrons. The van der Waals surface area contributed by atoms with Gasteiger partial charge in [0.05, 0.1) is 19.2 Å². The molecular weight excluding hydrogens is 318 g/mol. The third-order valence-corrected chi connectivity index (χ3v) is 4.53.